The van der Waals surface area contributed by atoms with Crippen molar-refractivity contribution in [3.8, 4) is 0 Å². The Bertz CT molecular complexity index is 278. The highest BCUT2D eigenvalue weighted by Crippen LogP contribution is 2.10. The number of aromatic nitrogens is 1. The normalized spacial score (nSPS) is 13.0. The van der Waals surface area contributed by atoms with E-state index in [2.05, 4.69) is 4.98 Å². The van der Waals surface area contributed by atoms with Gasteiger partial charge >= 0.3 is 0 Å². The zero-order valence-electron chi connectivity index (χ0n) is 6.79. The number of rotatable bonds is 2. The zero-order valence-corrected chi connectivity index (χ0v) is 6.79. The highest BCUT2D eigenvalue weighted by molar-refractivity contribution is 5.18. The Labute approximate surface area is 70.0 Å². The van der Waals surface area contributed by atoms with Crippen LogP contribution in [0.5, 0.6) is 0 Å². The molecule has 0 saturated carbocycles. The third kappa shape index (κ3) is 1.78. The fraction of sp³-hybridized carbons (Fsp3) is 0.375. The molecule has 0 fully saturated rings. The fourth-order valence-electron chi connectivity index (χ4n) is 0.857. The maximum Gasteiger partial charge on any atom is 0.144 e. The molecular weight excluding hydrogens is 159 g/mol. The summed E-state index contributed by atoms with van der Waals surface area (Å²) in [5, 5.41) is 8.69. The number of aliphatic hydroxyl groups excluding tert-OH is 1. The Morgan fingerprint density at radius 3 is 2.92 bits per heavy atom. The Morgan fingerprint density at radius 2 is 2.42 bits per heavy atom. The summed E-state index contributed by atoms with van der Waals surface area (Å²) in [5.41, 5.74) is 6.48. The van der Waals surface area contributed by atoms with Crippen molar-refractivity contribution in [2.45, 2.75) is 13.0 Å². The summed E-state index contributed by atoms with van der Waals surface area (Å²) in [6.45, 7) is 1.45. The number of halogens is 1. The molecule has 0 saturated heterocycles. The molecule has 1 aromatic rings. The van der Waals surface area contributed by atoms with Crippen LogP contribution in [0, 0.1) is 12.7 Å². The summed E-state index contributed by atoms with van der Waals surface area (Å²) in [4.78, 5) is 3.75. The number of nitrogens with two attached hydrogens (primary N) is 1. The second-order valence-electron chi connectivity index (χ2n) is 2.65. The van der Waals surface area contributed by atoms with Gasteiger partial charge in [-0.15, -0.1) is 0 Å². The highest BCUT2D eigenvalue weighted by Gasteiger charge is 2.07. The monoisotopic (exact) mass is 170 g/mol. The summed E-state index contributed by atoms with van der Waals surface area (Å²) in [6, 6.07) is 1.01. The number of hydrogen-bond donors (Lipinski definition) is 2. The van der Waals surface area contributed by atoms with Crippen LogP contribution in [0.1, 0.15) is 17.3 Å². The van der Waals surface area contributed by atoms with E-state index in [1.807, 2.05) is 0 Å². The number of nitrogens with zero attached hydrogens (tertiary/aromatic N) is 1. The van der Waals surface area contributed by atoms with Crippen LogP contribution in [0.3, 0.4) is 0 Å². The van der Waals surface area contributed by atoms with Gasteiger partial charge in [-0.2, -0.15) is 0 Å². The van der Waals surface area contributed by atoms with E-state index in [0.29, 0.717) is 11.3 Å². The second kappa shape index (κ2) is 3.60. The Hall–Kier alpha value is -1.00. The molecule has 3 N–H and O–H groups in total. The van der Waals surface area contributed by atoms with Gasteiger partial charge in [-0.05, 0) is 18.6 Å². The van der Waals surface area contributed by atoms with E-state index >= 15 is 0 Å². The van der Waals surface area contributed by atoms with Crippen molar-refractivity contribution < 1.29 is 9.50 Å². The van der Waals surface area contributed by atoms with Crippen molar-refractivity contribution in [3.05, 3.63) is 29.3 Å². The lowest BCUT2D eigenvalue weighted by Gasteiger charge is -2.07. The standard InChI is InChI=1S/C8H11FN2O/c1-5-2-8(7(10)4-12)11-3-6(5)9/h2-3,7,12H,4,10H2,1H3. The maximum atomic E-state index is 12.7. The first-order valence-electron chi connectivity index (χ1n) is 3.63. The van der Waals surface area contributed by atoms with Crippen molar-refractivity contribution in [1.82, 2.24) is 4.98 Å². The lowest BCUT2D eigenvalue weighted by Crippen LogP contribution is -2.16. The third-order valence-electron chi connectivity index (χ3n) is 1.64. The van der Waals surface area contributed by atoms with Crippen molar-refractivity contribution >= 4 is 0 Å². The van der Waals surface area contributed by atoms with E-state index in [1.54, 1.807) is 6.92 Å². The van der Waals surface area contributed by atoms with Crippen LogP contribution in [0.15, 0.2) is 12.3 Å². The topological polar surface area (TPSA) is 59.1 Å². The molecular formula is C8H11FN2O. The minimum Gasteiger partial charge on any atom is -0.394 e. The van der Waals surface area contributed by atoms with Gasteiger partial charge < -0.3 is 10.8 Å². The average Bonchev–Trinajstić information content (AvgIpc) is 2.08. The highest BCUT2D eigenvalue weighted by atomic mass is 19.1. The summed E-state index contributed by atoms with van der Waals surface area (Å²) in [7, 11) is 0. The Morgan fingerprint density at radius 1 is 1.75 bits per heavy atom. The summed E-state index contributed by atoms with van der Waals surface area (Å²) < 4.78 is 12.7. The lowest BCUT2D eigenvalue weighted by atomic mass is 10.1. The molecule has 0 amide bonds. The first kappa shape index (κ1) is 9.09. The molecule has 1 heterocycles. The minimum atomic E-state index is -0.524. The van der Waals surface area contributed by atoms with Gasteiger partial charge in [0.15, 0.2) is 0 Å². The van der Waals surface area contributed by atoms with Gasteiger partial charge in [0.2, 0.25) is 0 Å². The van der Waals surface area contributed by atoms with Crippen LogP contribution >= 0.6 is 0 Å². The molecule has 66 valence electrons. The largest absolute Gasteiger partial charge is 0.394 e. The molecule has 1 unspecified atom stereocenters. The van der Waals surface area contributed by atoms with Crippen molar-refractivity contribution in [3.63, 3.8) is 0 Å². The Balaban J connectivity index is 2.96. The van der Waals surface area contributed by atoms with Crippen LogP contribution < -0.4 is 5.73 Å². The SMILES string of the molecule is Cc1cc(C(N)CO)ncc1F. The summed E-state index contributed by atoms with van der Waals surface area (Å²) in [6.07, 6.45) is 1.11. The van der Waals surface area contributed by atoms with E-state index in [0.717, 1.165) is 6.20 Å². The predicted molar refractivity (Wildman–Crippen MR) is 42.9 cm³/mol. The summed E-state index contributed by atoms with van der Waals surface area (Å²) >= 11 is 0. The van der Waals surface area contributed by atoms with E-state index in [1.165, 1.54) is 6.07 Å². The zero-order chi connectivity index (χ0) is 9.14. The molecule has 0 radical (unpaired) electrons. The average molecular weight is 170 g/mol. The fourth-order valence-corrected chi connectivity index (χ4v) is 0.857. The van der Waals surface area contributed by atoms with E-state index in [-0.39, 0.29) is 12.4 Å². The van der Waals surface area contributed by atoms with Gasteiger partial charge in [0.25, 0.3) is 0 Å². The van der Waals surface area contributed by atoms with Crippen LogP contribution in [0.25, 0.3) is 0 Å². The molecule has 0 aliphatic heterocycles. The van der Waals surface area contributed by atoms with Gasteiger partial charge in [-0.1, -0.05) is 0 Å². The molecule has 4 heteroatoms. The Kier molecular flexibility index (Phi) is 2.73. The number of pyridine rings is 1. The van der Waals surface area contributed by atoms with Crippen LogP contribution in [-0.4, -0.2) is 16.7 Å². The first-order chi connectivity index (χ1) is 5.65. The molecule has 3 nitrogen and oxygen atoms in total. The van der Waals surface area contributed by atoms with Crippen LogP contribution in [0.4, 0.5) is 4.39 Å². The predicted octanol–water partition coefficient (Wildman–Crippen LogP) is 0.521. The molecule has 1 aromatic heterocycles. The maximum absolute atomic E-state index is 12.7. The van der Waals surface area contributed by atoms with E-state index in [9.17, 15) is 4.39 Å². The van der Waals surface area contributed by atoms with Gasteiger partial charge in [0, 0.05) is 0 Å². The molecule has 0 aliphatic rings. The van der Waals surface area contributed by atoms with Gasteiger partial charge in [-0.3, -0.25) is 4.98 Å². The molecule has 0 bridgehead atoms. The van der Waals surface area contributed by atoms with Crippen LogP contribution in [-0.2, 0) is 0 Å². The smallest absolute Gasteiger partial charge is 0.144 e. The number of hydrogen-bond acceptors (Lipinski definition) is 3. The second-order valence-corrected chi connectivity index (χ2v) is 2.65. The molecule has 12 heavy (non-hydrogen) atoms. The quantitative estimate of drug-likeness (QED) is 0.680. The van der Waals surface area contributed by atoms with Crippen LogP contribution in [0.2, 0.25) is 0 Å². The van der Waals surface area contributed by atoms with Crippen molar-refractivity contribution in [2.24, 2.45) is 5.73 Å². The van der Waals surface area contributed by atoms with E-state index < -0.39 is 6.04 Å². The number of aryl methyl sites for hydroxylation is 1. The summed E-state index contributed by atoms with van der Waals surface area (Å²) in [5.74, 6) is -0.358. The number of aliphatic hydroxyl groups is 1. The lowest BCUT2D eigenvalue weighted by molar-refractivity contribution is 0.265. The first-order valence-corrected chi connectivity index (χ1v) is 3.63. The van der Waals surface area contributed by atoms with Gasteiger partial charge in [-0.25, -0.2) is 4.39 Å². The van der Waals surface area contributed by atoms with E-state index in [4.69, 9.17) is 10.8 Å². The van der Waals surface area contributed by atoms with Gasteiger partial charge in [0.1, 0.15) is 5.82 Å². The minimum absolute atomic E-state index is 0.182. The molecule has 1 rings (SSSR count). The van der Waals surface area contributed by atoms with Crippen molar-refractivity contribution in [1.29, 1.82) is 0 Å². The third-order valence-corrected chi connectivity index (χ3v) is 1.64. The molecule has 0 aliphatic carbocycles. The van der Waals surface area contributed by atoms with Crippen molar-refractivity contribution in [2.75, 3.05) is 6.61 Å². The molecule has 0 spiro atoms. The molecule has 1 atom stereocenters. The van der Waals surface area contributed by atoms with Gasteiger partial charge in [0.05, 0.1) is 24.5 Å². The molecule has 0 aromatic carbocycles.